The number of thiophene rings is 1. The number of carbonyl (C=O) groups excluding carboxylic acids is 2. The largest absolute Gasteiger partial charge is 0.288 e. The number of aromatic nitrogens is 1. The van der Waals surface area contributed by atoms with Gasteiger partial charge >= 0.3 is 0 Å². The molecule has 1 aliphatic rings. The van der Waals surface area contributed by atoms with E-state index in [9.17, 15) is 9.59 Å². The molecule has 2 heterocycles. The Morgan fingerprint density at radius 1 is 0.933 bits per heavy atom. The van der Waals surface area contributed by atoms with Gasteiger partial charge in [-0.2, -0.15) is 0 Å². The van der Waals surface area contributed by atoms with Crippen LogP contribution in [0.4, 0.5) is 5.69 Å². The SMILES string of the molecule is [C-]#[N+]c1ccc(-c2cc3sc(C=C4C(=O)c5cc(Cl)c(Cl)cc5C4=O)nc3s2)cc1. The van der Waals surface area contributed by atoms with E-state index in [0.717, 1.165) is 20.0 Å². The van der Waals surface area contributed by atoms with Crippen molar-refractivity contribution in [3.63, 3.8) is 0 Å². The van der Waals surface area contributed by atoms with E-state index in [1.54, 1.807) is 12.1 Å². The molecule has 0 fully saturated rings. The van der Waals surface area contributed by atoms with Gasteiger partial charge in [0.15, 0.2) is 17.3 Å². The maximum absolute atomic E-state index is 12.7. The van der Waals surface area contributed by atoms with Crippen LogP contribution >= 0.6 is 45.9 Å². The predicted molar refractivity (Wildman–Crippen MR) is 122 cm³/mol. The summed E-state index contributed by atoms with van der Waals surface area (Å²) in [5.74, 6) is -0.736. The lowest BCUT2D eigenvalue weighted by Crippen LogP contribution is -1.99. The van der Waals surface area contributed by atoms with Crippen LogP contribution in [0, 0.1) is 6.57 Å². The van der Waals surface area contributed by atoms with Crippen molar-refractivity contribution in [2.24, 2.45) is 0 Å². The van der Waals surface area contributed by atoms with Crippen LogP contribution in [0.25, 0.3) is 30.9 Å². The van der Waals surface area contributed by atoms with Crippen LogP contribution in [-0.4, -0.2) is 16.6 Å². The molecular weight excluding hydrogens is 459 g/mol. The van der Waals surface area contributed by atoms with Crippen molar-refractivity contribution in [3.05, 3.63) is 85.6 Å². The number of halogens is 2. The maximum Gasteiger partial charge on any atom is 0.197 e. The molecule has 1 aliphatic carbocycles. The Morgan fingerprint density at radius 2 is 1.57 bits per heavy atom. The average Bonchev–Trinajstić information content (AvgIpc) is 3.37. The molecule has 30 heavy (non-hydrogen) atoms. The average molecular weight is 467 g/mol. The van der Waals surface area contributed by atoms with Crippen molar-refractivity contribution in [2.45, 2.75) is 0 Å². The molecule has 4 nitrogen and oxygen atoms in total. The monoisotopic (exact) mass is 466 g/mol. The lowest BCUT2D eigenvalue weighted by Gasteiger charge is -1.98. The predicted octanol–water partition coefficient (Wildman–Crippen LogP) is 7.34. The van der Waals surface area contributed by atoms with Crippen molar-refractivity contribution in [2.75, 3.05) is 0 Å². The number of Topliss-reactive ketones (excluding diaryl/α,β-unsaturated/α-hetero) is 2. The standard InChI is InChI=1S/C22H8Cl2N2O2S2/c1-25-11-4-2-10(3-5-11)17-9-18-22(30-17)26-19(29-18)8-14-20(27)12-6-15(23)16(24)7-13(12)21(14)28/h2-9H. The molecule has 4 aromatic rings. The zero-order chi connectivity index (χ0) is 21.0. The first-order valence-corrected chi connectivity index (χ1v) is 11.0. The van der Waals surface area contributed by atoms with E-state index in [1.807, 2.05) is 18.2 Å². The maximum atomic E-state index is 12.7. The Bertz CT molecular complexity index is 1380. The summed E-state index contributed by atoms with van der Waals surface area (Å²) in [6.07, 6.45) is 1.54. The third-order valence-corrected chi connectivity index (χ3v) is 7.57. The van der Waals surface area contributed by atoms with Crippen LogP contribution in [0.2, 0.25) is 10.0 Å². The van der Waals surface area contributed by atoms with Gasteiger partial charge in [-0.05, 0) is 29.8 Å². The van der Waals surface area contributed by atoms with Gasteiger partial charge in [0.05, 0.1) is 26.9 Å². The first-order chi connectivity index (χ1) is 14.4. The van der Waals surface area contributed by atoms with Crippen LogP contribution in [0.3, 0.4) is 0 Å². The molecule has 0 aliphatic heterocycles. The third kappa shape index (κ3) is 3.08. The zero-order valence-electron chi connectivity index (χ0n) is 14.9. The summed E-state index contributed by atoms with van der Waals surface area (Å²) in [6.45, 7) is 7.04. The quantitative estimate of drug-likeness (QED) is 0.176. The van der Waals surface area contributed by atoms with Gasteiger partial charge in [0.1, 0.15) is 9.84 Å². The third-order valence-electron chi connectivity index (χ3n) is 4.69. The van der Waals surface area contributed by atoms with Gasteiger partial charge in [0.2, 0.25) is 0 Å². The molecule has 2 aromatic heterocycles. The molecule has 0 atom stereocenters. The molecule has 0 N–H and O–H groups in total. The van der Waals surface area contributed by atoms with Crippen LogP contribution in [0.1, 0.15) is 25.7 Å². The number of thiazole rings is 1. The van der Waals surface area contributed by atoms with E-state index in [-0.39, 0.29) is 38.3 Å². The highest BCUT2D eigenvalue weighted by Gasteiger charge is 2.34. The van der Waals surface area contributed by atoms with E-state index in [1.165, 1.54) is 40.9 Å². The lowest BCUT2D eigenvalue weighted by molar-refractivity contribution is 0.0990. The fourth-order valence-corrected chi connectivity index (χ4v) is 5.73. The Balaban J connectivity index is 1.49. The normalized spacial score (nSPS) is 13.0. The summed E-state index contributed by atoms with van der Waals surface area (Å²) in [5, 5.41) is 1.07. The number of ketones is 2. The second-order valence-corrected chi connectivity index (χ2v) is 9.43. The van der Waals surface area contributed by atoms with E-state index < -0.39 is 0 Å². The molecule has 2 aromatic carbocycles. The van der Waals surface area contributed by atoms with Gasteiger partial charge in [0, 0.05) is 16.0 Å². The van der Waals surface area contributed by atoms with Crippen LogP contribution in [0.5, 0.6) is 0 Å². The number of nitrogens with zero attached hydrogens (tertiary/aromatic N) is 2. The van der Waals surface area contributed by atoms with Crippen LogP contribution < -0.4 is 0 Å². The van der Waals surface area contributed by atoms with Gasteiger partial charge in [0.25, 0.3) is 0 Å². The molecule has 0 unspecified atom stereocenters. The first-order valence-electron chi connectivity index (χ1n) is 8.63. The minimum absolute atomic E-state index is 0.0692. The number of fused-ring (bicyclic) bond motifs is 2. The molecule has 8 heteroatoms. The molecule has 0 radical (unpaired) electrons. The summed E-state index contributed by atoms with van der Waals surface area (Å²) < 4.78 is 0.970. The fourth-order valence-electron chi connectivity index (χ4n) is 3.23. The van der Waals surface area contributed by atoms with Crippen molar-refractivity contribution < 1.29 is 9.59 Å². The number of benzene rings is 2. The molecule has 144 valence electrons. The molecule has 0 saturated carbocycles. The van der Waals surface area contributed by atoms with Gasteiger partial charge < -0.3 is 0 Å². The molecular formula is C22H8Cl2N2O2S2. The molecule has 0 spiro atoms. The first kappa shape index (κ1) is 19.2. The summed E-state index contributed by atoms with van der Waals surface area (Å²) in [7, 11) is 0. The summed E-state index contributed by atoms with van der Waals surface area (Å²) in [5.41, 5.74) is 2.22. The summed E-state index contributed by atoms with van der Waals surface area (Å²) >= 11 is 14.9. The number of allylic oxidation sites excluding steroid dienone is 1. The highest BCUT2D eigenvalue weighted by Crippen LogP contribution is 2.39. The number of rotatable bonds is 2. The topological polar surface area (TPSA) is 51.4 Å². The second kappa shape index (κ2) is 7.15. The van der Waals surface area contributed by atoms with E-state index in [4.69, 9.17) is 29.8 Å². The van der Waals surface area contributed by atoms with Gasteiger partial charge in [-0.3, -0.25) is 9.59 Å². The van der Waals surface area contributed by atoms with Gasteiger partial charge in [-0.1, -0.05) is 47.5 Å². The van der Waals surface area contributed by atoms with Crippen molar-refractivity contribution in [1.82, 2.24) is 4.98 Å². The minimum atomic E-state index is -0.368. The number of carbonyl (C=O) groups is 2. The summed E-state index contributed by atoms with van der Waals surface area (Å²) in [4.78, 5) is 35.2. The van der Waals surface area contributed by atoms with Gasteiger partial charge in [-0.15, -0.1) is 22.7 Å². The minimum Gasteiger partial charge on any atom is -0.288 e. The Kier molecular flexibility index (Phi) is 4.57. The van der Waals surface area contributed by atoms with Crippen LogP contribution in [0.15, 0.2) is 48.0 Å². The smallest absolute Gasteiger partial charge is 0.197 e. The Hall–Kier alpha value is -2.82. The van der Waals surface area contributed by atoms with E-state index in [0.29, 0.717) is 10.7 Å². The van der Waals surface area contributed by atoms with Crippen LogP contribution in [-0.2, 0) is 0 Å². The van der Waals surface area contributed by atoms with E-state index in [2.05, 4.69) is 9.83 Å². The highest BCUT2D eigenvalue weighted by molar-refractivity contribution is 7.29. The summed E-state index contributed by atoms with van der Waals surface area (Å²) in [6, 6.07) is 12.3. The highest BCUT2D eigenvalue weighted by atomic mass is 35.5. The molecule has 0 saturated heterocycles. The fraction of sp³-hybridized carbons (Fsp3) is 0. The zero-order valence-corrected chi connectivity index (χ0v) is 18.0. The Labute approximate surface area is 188 Å². The van der Waals surface area contributed by atoms with Crippen molar-refractivity contribution in [1.29, 1.82) is 0 Å². The lowest BCUT2D eigenvalue weighted by atomic mass is 10.1. The molecule has 0 amide bonds. The number of hydrogen-bond donors (Lipinski definition) is 0. The Morgan fingerprint density at radius 3 is 2.13 bits per heavy atom. The second-order valence-electron chi connectivity index (χ2n) is 6.52. The number of hydrogen-bond acceptors (Lipinski definition) is 5. The molecule has 0 bridgehead atoms. The molecule has 5 rings (SSSR count). The van der Waals surface area contributed by atoms with E-state index >= 15 is 0 Å². The van der Waals surface area contributed by atoms with Crippen molar-refractivity contribution >= 4 is 78.7 Å². The van der Waals surface area contributed by atoms with Crippen molar-refractivity contribution in [3.8, 4) is 10.4 Å². The van der Waals surface area contributed by atoms with Gasteiger partial charge in [-0.25, -0.2) is 9.83 Å².